The molecule has 0 spiro atoms. The van der Waals surface area contributed by atoms with Gasteiger partial charge in [0.25, 0.3) is 0 Å². The van der Waals surface area contributed by atoms with Crippen LogP contribution in [0.3, 0.4) is 0 Å². The first-order valence-electron chi connectivity index (χ1n) is 6.45. The van der Waals surface area contributed by atoms with Crippen LogP contribution >= 0.6 is 23.4 Å². The van der Waals surface area contributed by atoms with Crippen LogP contribution in [0.2, 0.25) is 5.02 Å². The molecule has 2 nitrogen and oxygen atoms in total. The molecule has 0 bridgehead atoms. The van der Waals surface area contributed by atoms with Crippen LogP contribution in [0.15, 0.2) is 57.8 Å². The van der Waals surface area contributed by atoms with E-state index in [0.717, 1.165) is 10.3 Å². The van der Waals surface area contributed by atoms with Gasteiger partial charge in [0.15, 0.2) is 5.58 Å². The standard InChI is InChI=1S/C16H13ClFNOS/c17-13-6-1-3-10-7-15(20-16(10)13)14(19)9-21-12-5-2-4-11(18)8-12/h1-8,14H,9,19H2. The minimum Gasteiger partial charge on any atom is -0.458 e. The zero-order valence-electron chi connectivity index (χ0n) is 11.1. The van der Waals surface area contributed by atoms with Crippen LogP contribution < -0.4 is 5.73 Å². The molecule has 0 radical (unpaired) electrons. The highest BCUT2D eigenvalue weighted by Gasteiger charge is 2.14. The van der Waals surface area contributed by atoms with Crippen LogP contribution in [0.1, 0.15) is 11.8 Å². The Bertz CT molecular complexity index is 774. The molecule has 0 saturated heterocycles. The molecule has 21 heavy (non-hydrogen) atoms. The zero-order valence-corrected chi connectivity index (χ0v) is 12.6. The number of fused-ring (bicyclic) bond motifs is 1. The predicted molar refractivity (Wildman–Crippen MR) is 85.3 cm³/mol. The summed E-state index contributed by atoms with van der Waals surface area (Å²) in [7, 11) is 0. The number of halogens is 2. The van der Waals surface area contributed by atoms with Gasteiger partial charge in [0.2, 0.25) is 0 Å². The topological polar surface area (TPSA) is 39.2 Å². The minimum atomic E-state index is -0.276. The van der Waals surface area contributed by atoms with Crippen molar-refractivity contribution in [2.24, 2.45) is 5.73 Å². The van der Waals surface area contributed by atoms with E-state index < -0.39 is 0 Å². The number of furan rings is 1. The lowest BCUT2D eigenvalue weighted by Crippen LogP contribution is -2.11. The van der Waals surface area contributed by atoms with Gasteiger partial charge in [-0.25, -0.2) is 4.39 Å². The van der Waals surface area contributed by atoms with Crippen LogP contribution in [0.4, 0.5) is 4.39 Å². The second-order valence-electron chi connectivity index (χ2n) is 4.68. The molecule has 0 saturated carbocycles. The van der Waals surface area contributed by atoms with Gasteiger partial charge in [0.05, 0.1) is 11.1 Å². The SMILES string of the molecule is NC(CSc1cccc(F)c1)c1cc2cccc(Cl)c2o1. The molecule has 2 N–H and O–H groups in total. The van der Waals surface area contributed by atoms with E-state index in [-0.39, 0.29) is 11.9 Å². The lowest BCUT2D eigenvalue weighted by atomic mass is 10.2. The lowest BCUT2D eigenvalue weighted by molar-refractivity contribution is 0.516. The van der Waals surface area contributed by atoms with Crippen molar-refractivity contribution in [2.75, 3.05) is 5.75 Å². The molecular weight excluding hydrogens is 309 g/mol. The molecule has 2 aromatic carbocycles. The van der Waals surface area contributed by atoms with Gasteiger partial charge in [0, 0.05) is 16.0 Å². The van der Waals surface area contributed by atoms with E-state index in [9.17, 15) is 4.39 Å². The van der Waals surface area contributed by atoms with Gasteiger partial charge in [-0.2, -0.15) is 0 Å². The summed E-state index contributed by atoms with van der Waals surface area (Å²) in [6.07, 6.45) is 0. The van der Waals surface area contributed by atoms with Crippen LogP contribution in [0.25, 0.3) is 11.0 Å². The first-order chi connectivity index (χ1) is 10.1. The third kappa shape index (κ3) is 3.23. The summed E-state index contributed by atoms with van der Waals surface area (Å²) in [6, 6.07) is 13.7. The molecule has 1 aromatic heterocycles. The Morgan fingerprint density at radius 1 is 1.19 bits per heavy atom. The number of rotatable bonds is 4. The van der Waals surface area contributed by atoms with Crippen molar-refractivity contribution >= 4 is 34.3 Å². The van der Waals surface area contributed by atoms with Crippen molar-refractivity contribution in [2.45, 2.75) is 10.9 Å². The minimum absolute atomic E-state index is 0.246. The zero-order chi connectivity index (χ0) is 14.8. The molecule has 0 amide bonds. The maximum atomic E-state index is 13.1. The van der Waals surface area contributed by atoms with Gasteiger partial charge in [0.1, 0.15) is 11.6 Å². The van der Waals surface area contributed by atoms with Gasteiger partial charge >= 0.3 is 0 Å². The van der Waals surface area contributed by atoms with Crippen LogP contribution in [0.5, 0.6) is 0 Å². The molecule has 0 aliphatic rings. The Labute approximate surface area is 131 Å². The molecule has 1 unspecified atom stereocenters. The summed E-state index contributed by atoms with van der Waals surface area (Å²) >= 11 is 7.58. The maximum Gasteiger partial charge on any atom is 0.152 e. The van der Waals surface area contributed by atoms with Crippen molar-refractivity contribution in [1.29, 1.82) is 0 Å². The summed E-state index contributed by atoms with van der Waals surface area (Å²) in [5.74, 6) is 1.03. The summed E-state index contributed by atoms with van der Waals surface area (Å²) in [6.45, 7) is 0. The first kappa shape index (κ1) is 14.4. The molecule has 1 heterocycles. The summed E-state index contributed by atoms with van der Waals surface area (Å²) in [5.41, 5.74) is 6.80. The third-order valence-corrected chi connectivity index (χ3v) is 4.52. The van der Waals surface area contributed by atoms with Gasteiger partial charge in [-0.15, -0.1) is 11.8 Å². The second-order valence-corrected chi connectivity index (χ2v) is 6.18. The predicted octanol–water partition coefficient (Wildman–Crippen LogP) is 5.02. The highest BCUT2D eigenvalue weighted by atomic mass is 35.5. The Morgan fingerprint density at radius 2 is 2.00 bits per heavy atom. The van der Waals surface area contributed by atoms with E-state index in [0.29, 0.717) is 22.1 Å². The summed E-state index contributed by atoms with van der Waals surface area (Å²) in [4.78, 5) is 0.847. The number of hydrogen-bond acceptors (Lipinski definition) is 3. The number of nitrogens with two attached hydrogens (primary N) is 1. The molecule has 5 heteroatoms. The van der Waals surface area contributed by atoms with Crippen molar-refractivity contribution in [1.82, 2.24) is 0 Å². The smallest absolute Gasteiger partial charge is 0.152 e. The van der Waals surface area contributed by atoms with Crippen molar-refractivity contribution in [3.63, 3.8) is 0 Å². The maximum absolute atomic E-state index is 13.1. The molecule has 3 rings (SSSR count). The van der Waals surface area contributed by atoms with E-state index in [1.54, 1.807) is 12.1 Å². The fourth-order valence-electron chi connectivity index (χ4n) is 2.06. The van der Waals surface area contributed by atoms with Gasteiger partial charge in [-0.1, -0.05) is 29.8 Å². The van der Waals surface area contributed by atoms with E-state index in [1.165, 1.54) is 23.9 Å². The fourth-order valence-corrected chi connectivity index (χ4v) is 3.18. The first-order valence-corrected chi connectivity index (χ1v) is 7.82. The second kappa shape index (κ2) is 6.10. The van der Waals surface area contributed by atoms with Gasteiger partial charge < -0.3 is 10.2 Å². The average Bonchev–Trinajstić information content (AvgIpc) is 2.90. The van der Waals surface area contributed by atoms with Crippen molar-refractivity contribution in [3.05, 3.63) is 65.1 Å². The molecule has 0 fully saturated rings. The van der Waals surface area contributed by atoms with E-state index >= 15 is 0 Å². The Hall–Kier alpha value is -1.49. The number of thioether (sulfide) groups is 1. The lowest BCUT2D eigenvalue weighted by Gasteiger charge is -2.08. The van der Waals surface area contributed by atoms with Crippen molar-refractivity contribution < 1.29 is 8.81 Å². The van der Waals surface area contributed by atoms with E-state index in [1.807, 2.05) is 24.3 Å². The number of para-hydroxylation sites is 1. The quantitative estimate of drug-likeness (QED) is 0.686. The van der Waals surface area contributed by atoms with Crippen LogP contribution in [-0.4, -0.2) is 5.75 Å². The largest absolute Gasteiger partial charge is 0.458 e. The molecule has 0 aliphatic carbocycles. The van der Waals surface area contributed by atoms with Gasteiger partial charge in [-0.05, 0) is 30.3 Å². The Kier molecular flexibility index (Phi) is 4.19. The number of benzene rings is 2. The number of hydrogen-bond donors (Lipinski definition) is 1. The molecular formula is C16H13ClFNOS. The highest BCUT2D eigenvalue weighted by Crippen LogP contribution is 2.31. The highest BCUT2D eigenvalue weighted by molar-refractivity contribution is 7.99. The summed E-state index contributed by atoms with van der Waals surface area (Å²) < 4.78 is 18.8. The van der Waals surface area contributed by atoms with Crippen LogP contribution in [-0.2, 0) is 0 Å². The monoisotopic (exact) mass is 321 g/mol. The molecule has 3 aromatic rings. The molecule has 0 aliphatic heterocycles. The van der Waals surface area contributed by atoms with Crippen molar-refractivity contribution in [3.8, 4) is 0 Å². The average molecular weight is 322 g/mol. The molecule has 1 atom stereocenters. The Morgan fingerprint density at radius 3 is 2.76 bits per heavy atom. The van der Waals surface area contributed by atoms with Gasteiger partial charge in [-0.3, -0.25) is 0 Å². The fraction of sp³-hybridized carbons (Fsp3) is 0.125. The van der Waals surface area contributed by atoms with Crippen LogP contribution in [0, 0.1) is 5.82 Å². The summed E-state index contributed by atoms with van der Waals surface area (Å²) in [5, 5.41) is 1.51. The Balaban J connectivity index is 1.75. The van der Waals surface area contributed by atoms with E-state index in [4.69, 9.17) is 21.8 Å². The third-order valence-electron chi connectivity index (χ3n) is 3.11. The van der Waals surface area contributed by atoms with E-state index in [2.05, 4.69) is 0 Å². The molecule has 108 valence electrons. The normalized spacial score (nSPS) is 12.7.